The van der Waals surface area contributed by atoms with E-state index in [1.807, 2.05) is 0 Å². The van der Waals surface area contributed by atoms with Gasteiger partial charge in [-0.2, -0.15) is 0 Å². The third-order valence-electron chi connectivity index (χ3n) is 6.62. The van der Waals surface area contributed by atoms with Gasteiger partial charge in [0.25, 0.3) is 0 Å². The Morgan fingerprint density at radius 1 is 1.05 bits per heavy atom. The summed E-state index contributed by atoms with van der Waals surface area (Å²) in [6.45, 7) is 11.4. The molecule has 2 aliphatic carbocycles. The van der Waals surface area contributed by atoms with E-state index in [2.05, 4.69) is 24.1 Å². The fraction of sp³-hybridized carbons (Fsp3) is 1.00. The van der Waals surface area contributed by atoms with Crippen LogP contribution in [0.5, 0.6) is 0 Å². The zero-order valence-electron chi connectivity index (χ0n) is 14.4. The van der Waals surface area contributed by atoms with E-state index in [1.165, 1.54) is 84.1 Å². The molecule has 0 aromatic heterocycles. The zero-order valence-corrected chi connectivity index (χ0v) is 14.4. The molecule has 0 amide bonds. The lowest BCUT2D eigenvalue weighted by Gasteiger charge is -2.42. The predicted octanol–water partition coefficient (Wildman–Crippen LogP) is 3.91. The highest BCUT2D eigenvalue weighted by atomic mass is 15.2. The highest BCUT2D eigenvalue weighted by molar-refractivity contribution is 4.94. The molecule has 0 spiro atoms. The summed E-state index contributed by atoms with van der Waals surface area (Å²) in [4.78, 5) is 2.85. The molecule has 2 unspecified atom stereocenters. The van der Waals surface area contributed by atoms with E-state index in [-0.39, 0.29) is 0 Å². The van der Waals surface area contributed by atoms with Crippen LogP contribution < -0.4 is 5.32 Å². The lowest BCUT2D eigenvalue weighted by molar-refractivity contribution is 0.0943. The molecule has 2 atom stereocenters. The highest BCUT2D eigenvalue weighted by Crippen LogP contribution is 2.43. The van der Waals surface area contributed by atoms with E-state index >= 15 is 0 Å². The lowest BCUT2D eigenvalue weighted by Crippen LogP contribution is -2.46. The molecular weight excluding hydrogens is 256 g/mol. The van der Waals surface area contributed by atoms with Crippen molar-refractivity contribution in [2.45, 2.75) is 65.2 Å². The molecule has 21 heavy (non-hydrogen) atoms. The first-order chi connectivity index (χ1) is 10.2. The normalized spacial score (nSPS) is 40.6. The third kappa shape index (κ3) is 3.82. The predicted molar refractivity (Wildman–Crippen MR) is 90.5 cm³/mol. The van der Waals surface area contributed by atoms with Gasteiger partial charge in [-0.1, -0.05) is 33.1 Å². The third-order valence-corrected chi connectivity index (χ3v) is 6.62. The number of likely N-dealkylation sites (tertiary alicyclic amines) is 1. The molecule has 2 nitrogen and oxygen atoms in total. The second-order valence-corrected chi connectivity index (χ2v) is 8.50. The molecule has 3 fully saturated rings. The van der Waals surface area contributed by atoms with E-state index in [0.717, 1.165) is 17.8 Å². The Kier molecular flexibility index (Phi) is 5.27. The number of hydrogen-bond donors (Lipinski definition) is 1. The van der Waals surface area contributed by atoms with Gasteiger partial charge in [0.2, 0.25) is 0 Å². The number of rotatable bonds is 6. The lowest BCUT2D eigenvalue weighted by atomic mass is 9.70. The van der Waals surface area contributed by atoms with Crippen molar-refractivity contribution in [3.05, 3.63) is 0 Å². The van der Waals surface area contributed by atoms with Gasteiger partial charge in [0.1, 0.15) is 0 Å². The van der Waals surface area contributed by atoms with Gasteiger partial charge in [0.15, 0.2) is 0 Å². The van der Waals surface area contributed by atoms with Crippen molar-refractivity contribution < 1.29 is 0 Å². The minimum absolute atomic E-state index is 0.584. The molecule has 3 rings (SSSR count). The average Bonchev–Trinajstić information content (AvgIpc) is 3.03. The second-order valence-electron chi connectivity index (χ2n) is 8.50. The Bertz CT molecular complexity index is 308. The quantitative estimate of drug-likeness (QED) is 0.747. The topological polar surface area (TPSA) is 15.3 Å². The highest BCUT2D eigenvalue weighted by Gasteiger charge is 2.41. The van der Waals surface area contributed by atoms with Gasteiger partial charge >= 0.3 is 0 Å². The molecule has 1 N–H and O–H groups in total. The SMILES string of the molecule is CCCNCC1(CN2CC3CCCC3C2)CCC(C)CC1. The molecule has 1 aliphatic heterocycles. The molecule has 0 bridgehead atoms. The first-order valence-corrected chi connectivity index (χ1v) is 9.64. The largest absolute Gasteiger partial charge is 0.316 e. The van der Waals surface area contributed by atoms with Crippen molar-refractivity contribution in [2.75, 3.05) is 32.7 Å². The summed E-state index contributed by atoms with van der Waals surface area (Å²) < 4.78 is 0. The van der Waals surface area contributed by atoms with Gasteiger partial charge in [0.05, 0.1) is 0 Å². The van der Waals surface area contributed by atoms with Crippen LogP contribution in [0.15, 0.2) is 0 Å². The van der Waals surface area contributed by atoms with Crippen LogP contribution in [0.1, 0.15) is 65.2 Å². The summed E-state index contributed by atoms with van der Waals surface area (Å²) in [6, 6.07) is 0. The smallest absolute Gasteiger partial charge is 0.00504 e. The summed E-state index contributed by atoms with van der Waals surface area (Å²) in [7, 11) is 0. The summed E-state index contributed by atoms with van der Waals surface area (Å²) in [5, 5.41) is 3.76. The van der Waals surface area contributed by atoms with E-state index < -0.39 is 0 Å². The van der Waals surface area contributed by atoms with Gasteiger partial charge in [-0.25, -0.2) is 0 Å². The molecule has 0 radical (unpaired) electrons. The van der Waals surface area contributed by atoms with Crippen molar-refractivity contribution in [1.29, 1.82) is 0 Å². The number of hydrogen-bond acceptors (Lipinski definition) is 2. The maximum absolute atomic E-state index is 3.76. The van der Waals surface area contributed by atoms with Crippen LogP contribution >= 0.6 is 0 Å². The van der Waals surface area contributed by atoms with Crippen LogP contribution in [0.2, 0.25) is 0 Å². The number of nitrogens with one attached hydrogen (secondary N) is 1. The van der Waals surface area contributed by atoms with E-state index in [4.69, 9.17) is 0 Å². The molecule has 1 heterocycles. The van der Waals surface area contributed by atoms with E-state index in [0.29, 0.717) is 5.41 Å². The van der Waals surface area contributed by atoms with Crippen molar-refractivity contribution >= 4 is 0 Å². The van der Waals surface area contributed by atoms with E-state index in [1.54, 1.807) is 0 Å². The monoisotopic (exact) mass is 292 g/mol. The molecule has 2 heteroatoms. The summed E-state index contributed by atoms with van der Waals surface area (Å²) in [6.07, 6.45) is 11.6. The van der Waals surface area contributed by atoms with E-state index in [9.17, 15) is 0 Å². The van der Waals surface area contributed by atoms with Crippen LogP contribution in [-0.2, 0) is 0 Å². The Labute approximate surface area is 132 Å². The molecule has 2 saturated carbocycles. The molecular formula is C19H36N2. The molecule has 1 saturated heterocycles. The van der Waals surface area contributed by atoms with Gasteiger partial charge in [-0.15, -0.1) is 0 Å². The minimum Gasteiger partial charge on any atom is -0.316 e. The van der Waals surface area contributed by atoms with Crippen LogP contribution in [-0.4, -0.2) is 37.6 Å². The summed E-state index contributed by atoms with van der Waals surface area (Å²) in [5.74, 6) is 3.06. The Balaban J connectivity index is 1.56. The van der Waals surface area contributed by atoms with Gasteiger partial charge in [-0.05, 0) is 61.8 Å². The Morgan fingerprint density at radius 2 is 1.71 bits per heavy atom. The molecule has 0 aromatic carbocycles. The molecule has 0 aromatic rings. The van der Waals surface area contributed by atoms with Gasteiger partial charge in [-0.3, -0.25) is 0 Å². The van der Waals surface area contributed by atoms with Crippen LogP contribution in [0.3, 0.4) is 0 Å². The van der Waals surface area contributed by atoms with Crippen LogP contribution in [0.25, 0.3) is 0 Å². The van der Waals surface area contributed by atoms with Crippen LogP contribution in [0.4, 0.5) is 0 Å². The minimum atomic E-state index is 0.584. The van der Waals surface area contributed by atoms with Crippen molar-refractivity contribution in [3.8, 4) is 0 Å². The fourth-order valence-electron chi connectivity index (χ4n) is 5.23. The standard InChI is InChI=1S/C19H36N2/c1-3-11-20-14-19(9-7-16(2)8-10-19)15-21-12-17-5-4-6-18(17)13-21/h16-18,20H,3-15H2,1-2H3. The Morgan fingerprint density at radius 3 is 2.33 bits per heavy atom. The van der Waals surface area contributed by atoms with Crippen molar-refractivity contribution in [3.63, 3.8) is 0 Å². The number of nitrogens with zero attached hydrogens (tertiary/aromatic N) is 1. The summed E-state index contributed by atoms with van der Waals surface area (Å²) >= 11 is 0. The van der Waals surface area contributed by atoms with Crippen molar-refractivity contribution in [1.82, 2.24) is 10.2 Å². The van der Waals surface area contributed by atoms with Gasteiger partial charge in [0, 0.05) is 26.2 Å². The molecule has 3 aliphatic rings. The fourth-order valence-corrected chi connectivity index (χ4v) is 5.23. The van der Waals surface area contributed by atoms with Gasteiger partial charge < -0.3 is 10.2 Å². The first-order valence-electron chi connectivity index (χ1n) is 9.64. The second kappa shape index (κ2) is 7.00. The maximum Gasteiger partial charge on any atom is 0.00504 e. The summed E-state index contributed by atoms with van der Waals surface area (Å²) in [5.41, 5.74) is 0.584. The zero-order chi connectivity index (χ0) is 14.7. The Hall–Kier alpha value is -0.0800. The molecule has 122 valence electrons. The first kappa shape index (κ1) is 15.8. The van der Waals surface area contributed by atoms with Crippen LogP contribution in [0, 0.1) is 23.2 Å². The van der Waals surface area contributed by atoms with Crippen molar-refractivity contribution in [2.24, 2.45) is 23.2 Å². The number of fused-ring (bicyclic) bond motifs is 1. The maximum atomic E-state index is 3.76. The average molecular weight is 293 g/mol.